The molecule has 100 valence electrons. The van der Waals surface area contributed by atoms with Gasteiger partial charge in [0.05, 0.1) is 24.8 Å². The van der Waals surface area contributed by atoms with E-state index in [4.69, 9.17) is 11.6 Å². The lowest BCUT2D eigenvalue weighted by molar-refractivity contribution is 0.653. The third kappa shape index (κ3) is 3.23. The Morgan fingerprint density at radius 1 is 1.53 bits per heavy atom. The van der Waals surface area contributed by atoms with Crippen molar-refractivity contribution in [1.82, 2.24) is 19.7 Å². The maximum atomic E-state index is 11.8. The summed E-state index contributed by atoms with van der Waals surface area (Å²) in [6, 6.07) is 0. The number of aromatic amines is 1. The maximum absolute atomic E-state index is 11.8. The predicted molar refractivity (Wildman–Crippen MR) is 74.5 cm³/mol. The fourth-order valence-corrected chi connectivity index (χ4v) is 1.81. The molecule has 0 amide bonds. The molecule has 19 heavy (non-hydrogen) atoms. The molecule has 2 N–H and O–H groups in total. The summed E-state index contributed by atoms with van der Waals surface area (Å²) in [5.74, 6) is 0. The van der Waals surface area contributed by atoms with Gasteiger partial charge >= 0.3 is 0 Å². The van der Waals surface area contributed by atoms with Crippen LogP contribution in [0.25, 0.3) is 0 Å². The van der Waals surface area contributed by atoms with Gasteiger partial charge in [0.25, 0.3) is 5.56 Å². The number of hydrogen-bond donors (Lipinski definition) is 2. The molecule has 2 rings (SSSR count). The molecule has 0 aliphatic rings. The quantitative estimate of drug-likeness (QED) is 0.785. The molecule has 0 saturated heterocycles. The van der Waals surface area contributed by atoms with Gasteiger partial charge in [-0.3, -0.25) is 4.79 Å². The van der Waals surface area contributed by atoms with Crippen molar-refractivity contribution in [3.8, 4) is 0 Å². The Morgan fingerprint density at radius 2 is 2.37 bits per heavy atom. The van der Waals surface area contributed by atoms with Crippen molar-refractivity contribution in [2.24, 2.45) is 0 Å². The van der Waals surface area contributed by atoms with Crippen molar-refractivity contribution in [3.05, 3.63) is 52.4 Å². The Bertz CT molecular complexity index is 605. The molecule has 0 aliphatic carbocycles. The summed E-state index contributed by atoms with van der Waals surface area (Å²) < 4.78 is 1.26. The van der Waals surface area contributed by atoms with Gasteiger partial charge in [-0.2, -0.15) is 5.10 Å². The number of nitrogens with one attached hydrogen (secondary N) is 2. The van der Waals surface area contributed by atoms with Crippen molar-refractivity contribution >= 4 is 17.3 Å². The molecule has 0 radical (unpaired) electrons. The van der Waals surface area contributed by atoms with Crippen LogP contribution in [0.3, 0.4) is 0 Å². The number of anilines is 1. The zero-order valence-electron chi connectivity index (χ0n) is 10.3. The summed E-state index contributed by atoms with van der Waals surface area (Å²) in [4.78, 5) is 18.8. The Hall–Kier alpha value is -2.08. The number of aromatic nitrogens is 4. The summed E-state index contributed by atoms with van der Waals surface area (Å²) in [7, 11) is 0. The Balaban J connectivity index is 2.02. The number of hydrogen-bond acceptors (Lipinski definition) is 4. The lowest BCUT2D eigenvalue weighted by Crippen LogP contribution is -2.24. The molecule has 2 aromatic heterocycles. The maximum Gasteiger partial charge on any atom is 0.287 e. The fraction of sp³-hybridized carbons (Fsp3) is 0.250. The van der Waals surface area contributed by atoms with E-state index in [1.807, 2.05) is 0 Å². The molecule has 0 saturated carbocycles. The molecule has 0 aromatic carbocycles. The molecule has 0 unspecified atom stereocenters. The van der Waals surface area contributed by atoms with E-state index in [1.165, 1.54) is 4.68 Å². The first-order valence-electron chi connectivity index (χ1n) is 5.80. The van der Waals surface area contributed by atoms with Crippen LogP contribution in [0.2, 0.25) is 5.02 Å². The van der Waals surface area contributed by atoms with Crippen molar-refractivity contribution in [2.45, 2.75) is 13.0 Å². The summed E-state index contributed by atoms with van der Waals surface area (Å²) in [5.41, 5.74) is 1.22. The topological polar surface area (TPSA) is 75.6 Å². The van der Waals surface area contributed by atoms with Gasteiger partial charge in [-0.15, -0.1) is 6.58 Å². The number of H-pyrrole nitrogens is 1. The van der Waals surface area contributed by atoms with E-state index >= 15 is 0 Å². The Labute approximate surface area is 115 Å². The second-order valence-electron chi connectivity index (χ2n) is 3.90. The summed E-state index contributed by atoms with van der Waals surface area (Å²) >= 11 is 6.00. The largest absolute Gasteiger partial charge is 0.382 e. The normalized spacial score (nSPS) is 10.4. The van der Waals surface area contributed by atoms with E-state index in [-0.39, 0.29) is 10.6 Å². The van der Waals surface area contributed by atoms with Crippen molar-refractivity contribution in [2.75, 3.05) is 11.9 Å². The number of allylic oxidation sites excluding steroid dienone is 1. The van der Waals surface area contributed by atoms with Crippen molar-refractivity contribution in [1.29, 1.82) is 0 Å². The van der Waals surface area contributed by atoms with Gasteiger partial charge in [-0.05, 0) is 0 Å². The van der Waals surface area contributed by atoms with E-state index in [9.17, 15) is 4.79 Å². The molecular formula is C12H14ClN5O. The van der Waals surface area contributed by atoms with Gasteiger partial charge in [0.2, 0.25) is 0 Å². The second-order valence-corrected chi connectivity index (χ2v) is 4.28. The Kier molecular flexibility index (Phi) is 4.35. The molecule has 6 nitrogen and oxygen atoms in total. The van der Waals surface area contributed by atoms with Crippen LogP contribution in [0.4, 0.5) is 5.69 Å². The van der Waals surface area contributed by atoms with E-state index < -0.39 is 0 Å². The SMILES string of the molecule is C=CCn1ncc(NCCc2cnc[nH]2)c(Cl)c1=O. The first-order chi connectivity index (χ1) is 9.22. The van der Waals surface area contributed by atoms with Crippen LogP contribution in [0.1, 0.15) is 5.69 Å². The third-order valence-corrected chi connectivity index (χ3v) is 2.92. The molecule has 2 aromatic rings. The first-order valence-corrected chi connectivity index (χ1v) is 6.18. The predicted octanol–water partition coefficient (Wildman–Crippen LogP) is 1.46. The van der Waals surface area contributed by atoms with Crippen molar-refractivity contribution < 1.29 is 0 Å². The Morgan fingerprint density at radius 3 is 3.05 bits per heavy atom. The average Bonchev–Trinajstić information content (AvgIpc) is 2.91. The average molecular weight is 280 g/mol. The van der Waals surface area contributed by atoms with Crippen LogP contribution < -0.4 is 10.9 Å². The first kappa shape index (κ1) is 13.4. The standard InChI is InChI=1S/C12H14ClN5O/c1-2-5-18-12(19)11(13)10(7-17-18)15-4-3-9-6-14-8-16-9/h2,6-8,15H,1,3-5H2,(H,14,16). The van der Waals surface area contributed by atoms with Crippen LogP contribution in [0, 0.1) is 0 Å². The molecule has 0 atom stereocenters. The van der Waals surface area contributed by atoms with Crippen LogP contribution in [-0.2, 0) is 13.0 Å². The van der Waals surface area contributed by atoms with Gasteiger partial charge in [0.1, 0.15) is 5.02 Å². The molecule has 0 bridgehead atoms. The van der Waals surface area contributed by atoms with E-state index in [0.717, 1.165) is 12.1 Å². The van der Waals surface area contributed by atoms with E-state index in [2.05, 4.69) is 27.0 Å². The van der Waals surface area contributed by atoms with Crippen LogP contribution in [0.15, 0.2) is 36.2 Å². The minimum absolute atomic E-state index is 0.140. The van der Waals surface area contributed by atoms with Gasteiger partial charge in [0.15, 0.2) is 0 Å². The summed E-state index contributed by atoms with van der Waals surface area (Å²) in [5, 5.41) is 7.23. The molecule has 7 heteroatoms. The monoisotopic (exact) mass is 279 g/mol. The summed E-state index contributed by atoms with van der Waals surface area (Å²) in [6.07, 6.45) is 7.27. The van der Waals surface area contributed by atoms with Crippen molar-refractivity contribution in [3.63, 3.8) is 0 Å². The van der Waals surface area contributed by atoms with E-state index in [1.54, 1.807) is 24.8 Å². The zero-order chi connectivity index (χ0) is 13.7. The number of imidazole rings is 1. The molecule has 0 fully saturated rings. The van der Waals surface area contributed by atoms with Crippen LogP contribution in [0.5, 0.6) is 0 Å². The highest BCUT2D eigenvalue weighted by molar-refractivity contribution is 6.32. The second kappa shape index (κ2) is 6.19. The molecule has 2 heterocycles. The van der Waals surface area contributed by atoms with Gasteiger partial charge in [-0.1, -0.05) is 17.7 Å². The van der Waals surface area contributed by atoms with Crippen LogP contribution in [-0.4, -0.2) is 26.3 Å². The minimum atomic E-state index is -0.326. The minimum Gasteiger partial charge on any atom is -0.382 e. The highest BCUT2D eigenvalue weighted by Crippen LogP contribution is 2.14. The zero-order valence-corrected chi connectivity index (χ0v) is 11.0. The molecule has 0 aliphatic heterocycles. The van der Waals surface area contributed by atoms with Gasteiger partial charge < -0.3 is 10.3 Å². The number of halogens is 1. The van der Waals surface area contributed by atoms with Gasteiger partial charge in [-0.25, -0.2) is 9.67 Å². The summed E-state index contributed by atoms with van der Waals surface area (Å²) in [6.45, 7) is 4.53. The smallest absolute Gasteiger partial charge is 0.287 e. The number of rotatable bonds is 6. The highest BCUT2D eigenvalue weighted by atomic mass is 35.5. The van der Waals surface area contributed by atoms with Gasteiger partial charge in [0, 0.05) is 24.9 Å². The number of nitrogens with zero attached hydrogens (tertiary/aromatic N) is 3. The molecular weight excluding hydrogens is 266 g/mol. The van der Waals surface area contributed by atoms with E-state index in [0.29, 0.717) is 18.8 Å². The lowest BCUT2D eigenvalue weighted by atomic mass is 10.3. The fourth-order valence-electron chi connectivity index (χ4n) is 1.59. The lowest BCUT2D eigenvalue weighted by Gasteiger charge is -2.08. The molecule has 0 spiro atoms. The van der Waals surface area contributed by atoms with Crippen LogP contribution >= 0.6 is 11.6 Å². The third-order valence-electron chi connectivity index (χ3n) is 2.55. The highest BCUT2D eigenvalue weighted by Gasteiger charge is 2.08.